The van der Waals surface area contributed by atoms with E-state index in [2.05, 4.69) is 30.7 Å². The highest BCUT2D eigenvalue weighted by Gasteiger charge is 2.35. The molecule has 1 aliphatic carbocycles. The van der Waals surface area contributed by atoms with Crippen LogP contribution in [0.2, 0.25) is 0 Å². The van der Waals surface area contributed by atoms with E-state index in [1.807, 2.05) is 0 Å². The van der Waals surface area contributed by atoms with Gasteiger partial charge in [0.25, 0.3) is 0 Å². The lowest BCUT2D eigenvalue weighted by Crippen LogP contribution is -2.52. The van der Waals surface area contributed by atoms with E-state index in [1.165, 1.54) is 58.2 Å². The van der Waals surface area contributed by atoms with E-state index in [0.717, 1.165) is 30.5 Å². The van der Waals surface area contributed by atoms with Crippen molar-refractivity contribution in [2.24, 2.45) is 17.6 Å². The van der Waals surface area contributed by atoms with Crippen molar-refractivity contribution in [1.82, 2.24) is 9.80 Å². The van der Waals surface area contributed by atoms with Gasteiger partial charge in [-0.2, -0.15) is 0 Å². The Labute approximate surface area is 125 Å². The van der Waals surface area contributed by atoms with Crippen LogP contribution in [0.3, 0.4) is 0 Å². The van der Waals surface area contributed by atoms with Crippen molar-refractivity contribution < 1.29 is 0 Å². The summed E-state index contributed by atoms with van der Waals surface area (Å²) in [5.74, 6) is 1.66. The molecule has 2 fully saturated rings. The number of hydrogen-bond donors (Lipinski definition) is 1. The zero-order chi connectivity index (χ0) is 14.5. The van der Waals surface area contributed by atoms with Crippen molar-refractivity contribution in [2.45, 2.75) is 64.5 Å². The summed E-state index contributed by atoms with van der Waals surface area (Å²) in [5, 5.41) is 0. The summed E-state index contributed by atoms with van der Waals surface area (Å²) >= 11 is 0. The molecule has 0 aromatic heterocycles. The lowest BCUT2D eigenvalue weighted by atomic mass is 9.76. The van der Waals surface area contributed by atoms with E-state index in [1.54, 1.807) is 0 Å². The van der Waals surface area contributed by atoms with Crippen LogP contribution in [0.1, 0.15) is 52.4 Å². The van der Waals surface area contributed by atoms with Gasteiger partial charge >= 0.3 is 0 Å². The summed E-state index contributed by atoms with van der Waals surface area (Å²) in [6.07, 6.45) is 8.15. The number of nitrogens with zero attached hydrogens (tertiary/aromatic N) is 2. The summed E-state index contributed by atoms with van der Waals surface area (Å²) in [4.78, 5) is 5.30. The van der Waals surface area contributed by atoms with Crippen LogP contribution in [0.25, 0.3) is 0 Å². The van der Waals surface area contributed by atoms with E-state index in [9.17, 15) is 0 Å². The minimum absolute atomic E-state index is 0.729. The molecule has 20 heavy (non-hydrogen) atoms. The predicted octanol–water partition coefficient (Wildman–Crippen LogP) is 2.56. The predicted molar refractivity (Wildman–Crippen MR) is 86.9 cm³/mol. The van der Waals surface area contributed by atoms with E-state index in [0.29, 0.717) is 0 Å². The first-order valence-corrected chi connectivity index (χ1v) is 8.83. The fourth-order valence-electron chi connectivity index (χ4n) is 4.35. The number of hydrogen-bond acceptors (Lipinski definition) is 3. The lowest BCUT2D eigenvalue weighted by Gasteiger charge is -2.46. The highest BCUT2D eigenvalue weighted by Crippen LogP contribution is 2.35. The minimum atomic E-state index is 0.729. The maximum absolute atomic E-state index is 6.06. The van der Waals surface area contributed by atoms with Gasteiger partial charge in [-0.1, -0.05) is 26.7 Å². The van der Waals surface area contributed by atoms with E-state index in [-0.39, 0.29) is 0 Å². The zero-order valence-electron chi connectivity index (χ0n) is 13.9. The van der Waals surface area contributed by atoms with E-state index < -0.39 is 0 Å². The van der Waals surface area contributed by atoms with Gasteiger partial charge in [0.05, 0.1) is 0 Å². The number of rotatable bonds is 5. The summed E-state index contributed by atoms with van der Waals surface area (Å²) in [7, 11) is 2.37. The zero-order valence-corrected chi connectivity index (χ0v) is 13.9. The fraction of sp³-hybridized carbons (Fsp3) is 1.00. The van der Waals surface area contributed by atoms with Gasteiger partial charge in [-0.3, -0.25) is 0 Å². The third-order valence-corrected chi connectivity index (χ3v) is 6.05. The molecule has 0 bridgehead atoms. The monoisotopic (exact) mass is 281 g/mol. The summed E-state index contributed by atoms with van der Waals surface area (Å²) in [5.41, 5.74) is 6.06. The number of likely N-dealkylation sites (tertiary alicyclic amines) is 1. The molecule has 2 rings (SSSR count). The van der Waals surface area contributed by atoms with E-state index in [4.69, 9.17) is 5.73 Å². The quantitative estimate of drug-likeness (QED) is 0.840. The topological polar surface area (TPSA) is 32.5 Å². The van der Waals surface area contributed by atoms with Crippen molar-refractivity contribution in [3.8, 4) is 0 Å². The minimum Gasteiger partial charge on any atom is -0.330 e. The molecule has 0 amide bonds. The molecule has 0 aromatic carbocycles. The largest absolute Gasteiger partial charge is 0.330 e. The molecule has 1 saturated carbocycles. The SMILES string of the molecule is CCC1CCC(CN)C(N(C)C2CCN(CC)CC2)C1. The highest BCUT2D eigenvalue weighted by molar-refractivity contribution is 4.90. The van der Waals surface area contributed by atoms with Gasteiger partial charge in [-0.15, -0.1) is 0 Å². The van der Waals surface area contributed by atoms with E-state index >= 15 is 0 Å². The molecule has 3 atom stereocenters. The van der Waals surface area contributed by atoms with Gasteiger partial charge < -0.3 is 15.5 Å². The average Bonchev–Trinajstić information content (AvgIpc) is 2.53. The van der Waals surface area contributed by atoms with Crippen molar-refractivity contribution >= 4 is 0 Å². The number of nitrogens with two attached hydrogens (primary N) is 1. The van der Waals surface area contributed by atoms with Crippen LogP contribution >= 0.6 is 0 Å². The molecule has 1 saturated heterocycles. The van der Waals surface area contributed by atoms with Crippen LogP contribution in [-0.4, -0.2) is 55.1 Å². The Kier molecular flexibility index (Phi) is 6.31. The Bertz CT molecular complexity index is 273. The van der Waals surface area contributed by atoms with Crippen molar-refractivity contribution in [1.29, 1.82) is 0 Å². The van der Waals surface area contributed by atoms with Gasteiger partial charge in [0.15, 0.2) is 0 Å². The van der Waals surface area contributed by atoms with Crippen LogP contribution in [0.15, 0.2) is 0 Å². The third-order valence-electron chi connectivity index (χ3n) is 6.05. The maximum Gasteiger partial charge on any atom is 0.0138 e. The van der Waals surface area contributed by atoms with Crippen molar-refractivity contribution in [2.75, 3.05) is 33.2 Å². The Hall–Kier alpha value is -0.120. The average molecular weight is 281 g/mol. The fourth-order valence-corrected chi connectivity index (χ4v) is 4.35. The first-order chi connectivity index (χ1) is 9.69. The van der Waals surface area contributed by atoms with Crippen LogP contribution in [-0.2, 0) is 0 Å². The second-order valence-corrected chi connectivity index (χ2v) is 6.98. The smallest absolute Gasteiger partial charge is 0.0138 e. The summed E-state index contributed by atoms with van der Waals surface area (Å²) < 4.78 is 0. The third kappa shape index (κ3) is 3.75. The van der Waals surface area contributed by atoms with Gasteiger partial charge in [0.2, 0.25) is 0 Å². The number of piperidine rings is 1. The standard InChI is InChI=1S/C17H35N3/c1-4-14-6-7-15(13-18)17(12-14)19(3)16-8-10-20(5-2)11-9-16/h14-17H,4-13,18H2,1-3H3. The molecule has 0 aromatic rings. The molecule has 3 nitrogen and oxygen atoms in total. The van der Waals surface area contributed by atoms with Crippen LogP contribution in [0.4, 0.5) is 0 Å². The van der Waals surface area contributed by atoms with Crippen LogP contribution in [0, 0.1) is 11.8 Å². The lowest BCUT2D eigenvalue weighted by molar-refractivity contribution is 0.0396. The molecule has 2 aliphatic rings. The second-order valence-electron chi connectivity index (χ2n) is 6.98. The second kappa shape index (κ2) is 7.77. The Morgan fingerprint density at radius 1 is 1.10 bits per heavy atom. The molecule has 3 unspecified atom stereocenters. The molecule has 0 radical (unpaired) electrons. The molecule has 0 spiro atoms. The molecule has 1 aliphatic heterocycles. The molecule has 1 heterocycles. The first-order valence-electron chi connectivity index (χ1n) is 8.83. The highest BCUT2D eigenvalue weighted by atomic mass is 15.2. The molecular formula is C17H35N3. The molecule has 118 valence electrons. The summed E-state index contributed by atoms with van der Waals surface area (Å²) in [6, 6.07) is 1.52. The van der Waals surface area contributed by atoms with Gasteiger partial charge in [0.1, 0.15) is 0 Å². The maximum atomic E-state index is 6.06. The molecule has 3 heteroatoms. The van der Waals surface area contributed by atoms with Gasteiger partial charge in [-0.05, 0) is 70.7 Å². The first kappa shape index (κ1) is 16.3. The Morgan fingerprint density at radius 3 is 2.35 bits per heavy atom. The normalized spacial score (nSPS) is 33.8. The van der Waals surface area contributed by atoms with Gasteiger partial charge in [0, 0.05) is 12.1 Å². The van der Waals surface area contributed by atoms with Crippen LogP contribution in [0.5, 0.6) is 0 Å². The van der Waals surface area contributed by atoms with Crippen LogP contribution < -0.4 is 5.73 Å². The molecular weight excluding hydrogens is 246 g/mol. The Balaban J connectivity index is 1.93. The molecule has 2 N–H and O–H groups in total. The van der Waals surface area contributed by atoms with Gasteiger partial charge in [-0.25, -0.2) is 0 Å². The Morgan fingerprint density at radius 2 is 1.80 bits per heavy atom. The van der Waals surface area contributed by atoms with Crippen molar-refractivity contribution in [3.05, 3.63) is 0 Å². The van der Waals surface area contributed by atoms with Crippen molar-refractivity contribution in [3.63, 3.8) is 0 Å². The summed E-state index contributed by atoms with van der Waals surface area (Å²) in [6.45, 7) is 9.28.